The van der Waals surface area contributed by atoms with Crippen LogP contribution in [0.15, 0.2) is 0 Å². The highest BCUT2D eigenvalue weighted by Gasteiger charge is 2.65. The molecule has 4 aliphatic carbocycles. The van der Waals surface area contributed by atoms with E-state index in [4.69, 9.17) is 0 Å². The molecule has 0 aromatic rings. The summed E-state index contributed by atoms with van der Waals surface area (Å²) in [6, 6.07) is 0. The number of ketones is 2. The summed E-state index contributed by atoms with van der Waals surface area (Å²) in [7, 11) is 0. The van der Waals surface area contributed by atoms with Crippen LogP contribution >= 0.6 is 0 Å². The van der Waals surface area contributed by atoms with Crippen LogP contribution in [0, 0.1) is 46.3 Å². The first-order chi connectivity index (χ1) is 14.0. The zero-order valence-corrected chi connectivity index (χ0v) is 20.0. The van der Waals surface area contributed by atoms with Crippen molar-refractivity contribution in [1.29, 1.82) is 0 Å². The molecule has 0 aromatic carbocycles. The Morgan fingerprint density at radius 2 is 1.77 bits per heavy atom. The highest BCUT2D eigenvalue weighted by atomic mass is 16.3. The molecular formula is C27H44O3. The van der Waals surface area contributed by atoms with E-state index in [0.717, 1.165) is 51.4 Å². The van der Waals surface area contributed by atoms with Crippen molar-refractivity contribution in [1.82, 2.24) is 0 Å². The van der Waals surface area contributed by atoms with Gasteiger partial charge in [0.25, 0.3) is 0 Å². The van der Waals surface area contributed by atoms with Gasteiger partial charge < -0.3 is 5.11 Å². The molecule has 4 aliphatic rings. The lowest BCUT2D eigenvalue weighted by Gasteiger charge is -2.60. The van der Waals surface area contributed by atoms with Gasteiger partial charge in [-0.25, -0.2) is 0 Å². The Labute approximate surface area is 183 Å². The Balaban J connectivity index is 1.56. The SMILES string of the molecule is CC(C)CCC[C@](C)(O)[C@H]1C(=O)C[C@H]2[C@@H]3CC[C@H]4CC(=O)CC[C@]4(C)[C@H]3CC[C@@]21C. The van der Waals surface area contributed by atoms with Gasteiger partial charge in [-0.15, -0.1) is 0 Å². The van der Waals surface area contributed by atoms with Gasteiger partial charge in [0, 0.05) is 19.3 Å². The lowest BCUT2D eigenvalue weighted by molar-refractivity contribution is -0.151. The molecular weight excluding hydrogens is 372 g/mol. The summed E-state index contributed by atoms with van der Waals surface area (Å²) in [5, 5.41) is 11.5. The van der Waals surface area contributed by atoms with E-state index in [1.165, 1.54) is 12.8 Å². The minimum Gasteiger partial charge on any atom is -0.389 e. The molecule has 0 spiro atoms. The fraction of sp³-hybridized carbons (Fsp3) is 0.926. The van der Waals surface area contributed by atoms with Gasteiger partial charge in [-0.2, -0.15) is 0 Å². The number of rotatable bonds is 5. The molecule has 0 aliphatic heterocycles. The lowest BCUT2D eigenvalue weighted by atomic mass is 9.44. The third-order valence-corrected chi connectivity index (χ3v) is 10.4. The van der Waals surface area contributed by atoms with Crippen molar-refractivity contribution in [3.05, 3.63) is 0 Å². The van der Waals surface area contributed by atoms with Crippen molar-refractivity contribution < 1.29 is 14.7 Å². The molecule has 3 nitrogen and oxygen atoms in total. The van der Waals surface area contributed by atoms with Gasteiger partial charge in [-0.1, -0.05) is 40.5 Å². The summed E-state index contributed by atoms with van der Waals surface area (Å²) in [5.41, 5.74) is -0.674. The molecule has 0 bridgehead atoms. The lowest BCUT2D eigenvalue weighted by Crippen LogP contribution is -2.55. The van der Waals surface area contributed by atoms with E-state index in [9.17, 15) is 14.7 Å². The van der Waals surface area contributed by atoms with Crippen LogP contribution in [0.2, 0.25) is 0 Å². The second-order valence-electron chi connectivity index (χ2n) is 12.7. The van der Waals surface area contributed by atoms with E-state index in [0.29, 0.717) is 47.6 Å². The third-order valence-electron chi connectivity index (χ3n) is 10.4. The molecule has 0 heterocycles. The number of aliphatic hydroxyl groups is 1. The summed E-state index contributed by atoms with van der Waals surface area (Å²) < 4.78 is 0. The predicted octanol–water partition coefficient (Wildman–Crippen LogP) is 5.97. The van der Waals surface area contributed by atoms with Crippen LogP contribution < -0.4 is 0 Å². The number of hydrogen-bond acceptors (Lipinski definition) is 3. The maximum atomic E-state index is 13.4. The van der Waals surface area contributed by atoms with Crippen LogP contribution in [0.5, 0.6) is 0 Å². The number of carbonyl (C=O) groups excluding carboxylic acids is 2. The second-order valence-corrected chi connectivity index (χ2v) is 12.7. The molecule has 3 heteroatoms. The van der Waals surface area contributed by atoms with Gasteiger partial charge in [0.1, 0.15) is 11.6 Å². The molecule has 4 saturated carbocycles. The Hall–Kier alpha value is -0.700. The van der Waals surface area contributed by atoms with Crippen molar-refractivity contribution in [2.45, 2.75) is 111 Å². The van der Waals surface area contributed by atoms with Crippen molar-refractivity contribution in [3.63, 3.8) is 0 Å². The molecule has 0 radical (unpaired) electrons. The normalized spacial score (nSPS) is 45.6. The fourth-order valence-electron chi connectivity index (χ4n) is 8.91. The second kappa shape index (κ2) is 7.71. The molecule has 1 N–H and O–H groups in total. The van der Waals surface area contributed by atoms with Crippen LogP contribution in [0.25, 0.3) is 0 Å². The third kappa shape index (κ3) is 3.51. The van der Waals surface area contributed by atoms with Crippen molar-refractivity contribution in [3.8, 4) is 0 Å². The summed E-state index contributed by atoms with van der Waals surface area (Å²) in [4.78, 5) is 25.5. The molecule has 0 saturated heterocycles. The van der Waals surface area contributed by atoms with E-state index >= 15 is 0 Å². The van der Waals surface area contributed by atoms with E-state index in [1.54, 1.807) is 0 Å². The van der Waals surface area contributed by atoms with Crippen LogP contribution in [-0.2, 0) is 9.59 Å². The molecule has 0 unspecified atom stereocenters. The van der Waals surface area contributed by atoms with Gasteiger partial charge >= 0.3 is 0 Å². The van der Waals surface area contributed by atoms with Gasteiger partial charge in [0.15, 0.2) is 0 Å². The standard InChI is InChI=1S/C27H44O3/c1-17(2)7-6-12-27(5,30)24-23(29)16-22-20-9-8-18-15-19(28)10-13-25(18,3)21(20)11-14-26(22,24)4/h17-18,20-22,24,30H,6-16H2,1-5H3/t18-,20+,21-,22-,24-,25-,26-,27-/m0/s1. The molecule has 0 aromatic heterocycles. The zero-order chi connectivity index (χ0) is 21.9. The average molecular weight is 417 g/mol. The average Bonchev–Trinajstić information content (AvgIpc) is 2.92. The molecule has 170 valence electrons. The largest absolute Gasteiger partial charge is 0.389 e. The van der Waals surface area contributed by atoms with Gasteiger partial charge in [0.05, 0.1) is 11.5 Å². The van der Waals surface area contributed by atoms with Crippen LogP contribution in [0.4, 0.5) is 0 Å². The highest BCUT2D eigenvalue weighted by Crippen LogP contribution is 2.67. The number of Topliss-reactive ketones (excluding diaryl/α,β-unsaturated/α-hetero) is 2. The number of fused-ring (bicyclic) bond motifs is 5. The first-order valence-electron chi connectivity index (χ1n) is 12.8. The Morgan fingerprint density at radius 3 is 2.47 bits per heavy atom. The fourth-order valence-corrected chi connectivity index (χ4v) is 8.91. The van der Waals surface area contributed by atoms with E-state index in [-0.39, 0.29) is 16.7 Å². The monoisotopic (exact) mass is 416 g/mol. The van der Waals surface area contributed by atoms with E-state index in [2.05, 4.69) is 27.7 Å². The van der Waals surface area contributed by atoms with E-state index in [1.807, 2.05) is 6.92 Å². The summed E-state index contributed by atoms with van der Waals surface area (Å²) in [6.45, 7) is 11.2. The smallest absolute Gasteiger partial charge is 0.139 e. The van der Waals surface area contributed by atoms with Crippen molar-refractivity contribution in [2.24, 2.45) is 46.3 Å². The number of hydrogen-bond donors (Lipinski definition) is 1. The molecule has 0 amide bonds. The first kappa shape index (κ1) is 22.5. The molecule has 8 atom stereocenters. The van der Waals surface area contributed by atoms with Crippen LogP contribution in [-0.4, -0.2) is 22.3 Å². The first-order valence-corrected chi connectivity index (χ1v) is 12.8. The molecule has 4 fully saturated rings. The van der Waals surface area contributed by atoms with Gasteiger partial charge in [0.2, 0.25) is 0 Å². The number of carbonyl (C=O) groups is 2. The van der Waals surface area contributed by atoms with Crippen LogP contribution in [0.3, 0.4) is 0 Å². The maximum Gasteiger partial charge on any atom is 0.139 e. The molecule has 30 heavy (non-hydrogen) atoms. The Morgan fingerprint density at radius 1 is 1.03 bits per heavy atom. The van der Waals surface area contributed by atoms with E-state index < -0.39 is 5.60 Å². The quantitative estimate of drug-likeness (QED) is 0.600. The Kier molecular flexibility index (Phi) is 5.78. The predicted molar refractivity (Wildman–Crippen MR) is 120 cm³/mol. The van der Waals surface area contributed by atoms with Gasteiger partial charge in [-0.05, 0) is 85.9 Å². The summed E-state index contributed by atoms with van der Waals surface area (Å²) >= 11 is 0. The maximum absolute atomic E-state index is 13.4. The zero-order valence-electron chi connectivity index (χ0n) is 20.0. The molecule has 4 rings (SSSR count). The van der Waals surface area contributed by atoms with Crippen molar-refractivity contribution in [2.75, 3.05) is 0 Å². The highest BCUT2D eigenvalue weighted by molar-refractivity contribution is 5.86. The summed E-state index contributed by atoms with van der Waals surface area (Å²) in [6.07, 6.45) is 10.7. The topological polar surface area (TPSA) is 54.4 Å². The minimum atomic E-state index is -0.888. The summed E-state index contributed by atoms with van der Waals surface area (Å²) in [5.74, 6) is 3.43. The van der Waals surface area contributed by atoms with Gasteiger partial charge in [-0.3, -0.25) is 9.59 Å². The minimum absolute atomic E-state index is 0.0622. The van der Waals surface area contributed by atoms with Crippen molar-refractivity contribution >= 4 is 11.6 Å². The van der Waals surface area contributed by atoms with Crippen LogP contribution in [0.1, 0.15) is 105 Å². The Bertz CT molecular complexity index is 694.